The summed E-state index contributed by atoms with van der Waals surface area (Å²) in [6, 6.07) is 3.25. The van der Waals surface area contributed by atoms with E-state index in [1.165, 1.54) is 6.07 Å². The predicted molar refractivity (Wildman–Crippen MR) is 71.8 cm³/mol. The van der Waals surface area contributed by atoms with Crippen molar-refractivity contribution in [3.8, 4) is 0 Å². The van der Waals surface area contributed by atoms with Crippen molar-refractivity contribution in [3.05, 3.63) is 35.4 Å². The first-order chi connectivity index (χ1) is 9.85. The zero-order valence-corrected chi connectivity index (χ0v) is 11.7. The molecule has 1 aromatic carbocycles. The van der Waals surface area contributed by atoms with E-state index in [0.29, 0.717) is 6.42 Å². The Morgan fingerprint density at radius 2 is 2.10 bits per heavy atom. The molecule has 2 unspecified atom stereocenters. The number of halogens is 2. The minimum atomic E-state index is -1.41. The van der Waals surface area contributed by atoms with Crippen molar-refractivity contribution in [1.29, 1.82) is 0 Å². The van der Waals surface area contributed by atoms with Crippen molar-refractivity contribution in [2.45, 2.75) is 38.1 Å². The standard InChI is InChI=1S/C15H17F2NO3/c1-9-4-3-7-15(8-9,14(20)21)18-13(19)10-5-2-6-11(16)12(10)17/h2,5-6,9H,3-4,7-8H2,1H3,(H,18,19)(H,20,21). The van der Waals surface area contributed by atoms with E-state index in [1.54, 1.807) is 0 Å². The van der Waals surface area contributed by atoms with Crippen LogP contribution in [0.3, 0.4) is 0 Å². The molecule has 2 atom stereocenters. The lowest BCUT2D eigenvalue weighted by Gasteiger charge is -2.37. The Balaban J connectivity index is 2.27. The summed E-state index contributed by atoms with van der Waals surface area (Å²) in [5, 5.41) is 11.8. The van der Waals surface area contributed by atoms with E-state index < -0.39 is 34.6 Å². The highest BCUT2D eigenvalue weighted by molar-refractivity contribution is 5.98. The summed E-state index contributed by atoms with van der Waals surface area (Å²) in [5.74, 6) is -4.29. The van der Waals surface area contributed by atoms with Crippen LogP contribution in [0.1, 0.15) is 43.0 Å². The fraction of sp³-hybridized carbons (Fsp3) is 0.467. The summed E-state index contributed by atoms with van der Waals surface area (Å²) in [7, 11) is 0. The Hall–Kier alpha value is -1.98. The quantitative estimate of drug-likeness (QED) is 0.901. The number of hydrogen-bond acceptors (Lipinski definition) is 2. The highest BCUT2D eigenvalue weighted by Gasteiger charge is 2.43. The van der Waals surface area contributed by atoms with Gasteiger partial charge in [0.05, 0.1) is 5.56 Å². The van der Waals surface area contributed by atoms with Gasteiger partial charge in [-0.1, -0.05) is 25.8 Å². The molecule has 1 aliphatic carbocycles. The molecule has 1 fully saturated rings. The topological polar surface area (TPSA) is 66.4 Å². The molecule has 21 heavy (non-hydrogen) atoms. The molecule has 1 aromatic rings. The molecule has 0 spiro atoms. The Kier molecular flexibility index (Phi) is 4.25. The molecule has 0 radical (unpaired) electrons. The molecule has 0 saturated heterocycles. The molecule has 1 amide bonds. The number of amides is 1. The third kappa shape index (κ3) is 3.04. The summed E-state index contributed by atoms with van der Waals surface area (Å²) in [6.45, 7) is 1.91. The lowest BCUT2D eigenvalue weighted by molar-refractivity contribution is -0.146. The SMILES string of the molecule is CC1CCCC(NC(=O)c2cccc(F)c2F)(C(=O)O)C1. The molecule has 1 saturated carbocycles. The number of carbonyl (C=O) groups excluding carboxylic acids is 1. The number of benzene rings is 1. The number of rotatable bonds is 3. The van der Waals surface area contributed by atoms with Crippen LogP contribution in [-0.2, 0) is 4.79 Å². The highest BCUT2D eigenvalue weighted by Crippen LogP contribution is 2.33. The molecule has 0 heterocycles. The fourth-order valence-corrected chi connectivity index (χ4v) is 2.88. The normalized spacial score (nSPS) is 25.4. The minimum Gasteiger partial charge on any atom is -0.480 e. The molecular formula is C15H17F2NO3. The predicted octanol–water partition coefficient (Wildman–Crippen LogP) is 2.73. The van der Waals surface area contributed by atoms with Gasteiger partial charge in [0.25, 0.3) is 5.91 Å². The molecule has 6 heteroatoms. The maximum Gasteiger partial charge on any atom is 0.329 e. The lowest BCUT2D eigenvalue weighted by atomic mass is 9.76. The molecule has 4 nitrogen and oxygen atoms in total. The average Bonchev–Trinajstić information content (AvgIpc) is 2.41. The summed E-state index contributed by atoms with van der Waals surface area (Å²) < 4.78 is 26.8. The number of nitrogens with one attached hydrogen (secondary N) is 1. The number of aliphatic carboxylic acids is 1. The van der Waals surface area contributed by atoms with E-state index >= 15 is 0 Å². The zero-order chi connectivity index (χ0) is 15.6. The Morgan fingerprint density at radius 1 is 1.38 bits per heavy atom. The van der Waals surface area contributed by atoms with E-state index in [2.05, 4.69) is 5.32 Å². The van der Waals surface area contributed by atoms with Gasteiger partial charge < -0.3 is 10.4 Å². The van der Waals surface area contributed by atoms with E-state index in [1.807, 2.05) is 6.92 Å². The molecular weight excluding hydrogens is 280 g/mol. The third-order valence-electron chi connectivity index (χ3n) is 3.96. The fourth-order valence-electron chi connectivity index (χ4n) is 2.88. The largest absolute Gasteiger partial charge is 0.480 e. The number of hydrogen-bond donors (Lipinski definition) is 2. The maximum atomic E-state index is 13.6. The molecule has 2 rings (SSSR count). The van der Waals surface area contributed by atoms with Crippen LogP contribution in [0.5, 0.6) is 0 Å². The van der Waals surface area contributed by atoms with Crippen LogP contribution in [0.4, 0.5) is 8.78 Å². The molecule has 1 aliphatic rings. The van der Waals surface area contributed by atoms with Crippen molar-refractivity contribution < 1.29 is 23.5 Å². The molecule has 0 bridgehead atoms. The average molecular weight is 297 g/mol. The van der Waals surface area contributed by atoms with Crippen molar-refractivity contribution in [3.63, 3.8) is 0 Å². The van der Waals surface area contributed by atoms with Gasteiger partial charge in [0.15, 0.2) is 11.6 Å². The Labute approximate surface area is 121 Å². The minimum absolute atomic E-state index is 0.146. The molecule has 2 N–H and O–H groups in total. The molecule has 0 aliphatic heterocycles. The van der Waals surface area contributed by atoms with Crippen molar-refractivity contribution in [2.24, 2.45) is 5.92 Å². The number of carbonyl (C=O) groups is 2. The first-order valence-corrected chi connectivity index (χ1v) is 6.85. The zero-order valence-electron chi connectivity index (χ0n) is 11.7. The first-order valence-electron chi connectivity index (χ1n) is 6.85. The van der Waals surface area contributed by atoms with Crippen LogP contribution >= 0.6 is 0 Å². The van der Waals surface area contributed by atoms with Crippen LogP contribution < -0.4 is 5.32 Å². The highest BCUT2D eigenvalue weighted by atomic mass is 19.2. The van der Waals surface area contributed by atoms with Crippen molar-refractivity contribution in [2.75, 3.05) is 0 Å². The Morgan fingerprint density at radius 3 is 2.71 bits per heavy atom. The summed E-state index contributed by atoms with van der Waals surface area (Å²) in [6.07, 6.45) is 2.12. The van der Waals surface area contributed by atoms with Crippen LogP contribution in [0.25, 0.3) is 0 Å². The van der Waals surface area contributed by atoms with Gasteiger partial charge in [0, 0.05) is 0 Å². The first kappa shape index (κ1) is 15.4. The van der Waals surface area contributed by atoms with Gasteiger partial charge in [0.2, 0.25) is 0 Å². The lowest BCUT2D eigenvalue weighted by Crippen LogP contribution is -2.56. The van der Waals surface area contributed by atoms with Crippen molar-refractivity contribution >= 4 is 11.9 Å². The second-order valence-electron chi connectivity index (χ2n) is 5.64. The van der Waals surface area contributed by atoms with Crippen LogP contribution in [0.15, 0.2) is 18.2 Å². The van der Waals surface area contributed by atoms with Gasteiger partial charge in [-0.3, -0.25) is 4.79 Å². The Bertz CT molecular complexity index is 576. The summed E-state index contributed by atoms with van der Waals surface area (Å²) >= 11 is 0. The van der Waals surface area contributed by atoms with E-state index in [9.17, 15) is 23.5 Å². The van der Waals surface area contributed by atoms with Crippen LogP contribution in [-0.4, -0.2) is 22.5 Å². The second kappa shape index (κ2) is 5.79. The number of carboxylic acids is 1. The van der Waals surface area contributed by atoms with Crippen LogP contribution in [0, 0.1) is 17.6 Å². The van der Waals surface area contributed by atoms with Gasteiger partial charge >= 0.3 is 5.97 Å². The maximum absolute atomic E-state index is 13.6. The van der Waals surface area contributed by atoms with Gasteiger partial charge in [0.1, 0.15) is 5.54 Å². The van der Waals surface area contributed by atoms with E-state index in [4.69, 9.17) is 0 Å². The van der Waals surface area contributed by atoms with Gasteiger partial charge in [-0.2, -0.15) is 0 Å². The second-order valence-corrected chi connectivity index (χ2v) is 5.64. The van der Waals surface area contributed by atoms with E-state index in [-0.39, 0.29) is 18.8 Å². The monoisotopic (exact) mass is 297 g/mol. The summed E-state index contributed by atoms with van der Waals surface area (Å²) in [5.41, 5.74) is -1.89. The molecule has 0 aromatic heterocycles. The molecule has 114 valence electrons. The third-order valence-corrected chi connectivity index (χ3v) is 3.96. The smallest absolute Gasteiger partial charge is 0.329 e. The van der Waals surface area contributed by atoms with Gasteiger partial charge in [-0.05, 0) is 30.9 Å². The van der Waals surface area contributed by atoms with Gasteiger partial charge in [-0.15, -0.1) is 0 Å². The van der Waals surface area contributed by atoms with Gasteiger partial charge in [-0.25, -0.2) is 13.6 Å². The number of carboxylic acid groups (broad SMARTS) is 1. The van der Waals surface area contributed by atoms with Crippen molar-refractivity contribution in [1.82, 2.24) is 5.32 Å². The summed E-state index contributed by atoms with van der Waals surface area (Å²) in [4.78, 5) is 23.7. The van der Waals surface area contributed by atoms with Crippen LogP contribution in [0.2, 0.25) is 0 Å². The van der Waals surface area contributed by atoms with E-state index in [0.717, 1.165) is 18.6 Å².